The summed E-state index contributed by atoms with van der Waals surface area (Å²) in [5.74, 6) is -1.80. The van der Waals surface area contributed by atoms with Gasteiger partial charge in [0.15, 0.2) is 0 Å². The molecule has 3 aromatic rings. The summed E-state index contributed by atoms with van der Waals surface area (Å²) in [6, 6.07) is 22.7. The SMILES string of the molecule is C[C@H](NC(=O)C(Cc1ccc(C(=O)NCCC(=O)O)cc1)c1ccc(C2=CCCCC2)cc1)c1ccc(Cl)cc1. The molecule has 3 aromatic carbocycles. The summed E-state index contributed by atoms with van der Waals surface area (Å²) in [5.41, 5.74) is 5.82. The average Bonchev–Trinajstić information content (AvgIpc) is 2.97. The number of carboxylic acid groups (broad SMARTS) is 1. The van der Waals surface area contributed by atoms with Gasteiger partial charge in [-0.15, -0.1) is 0 Å². The van der Waals surface area contributed by atoms with Gasteiger partial charge in [-0.25, -0.2) is 0 Å². The van der Waals surface area contributed by atoms with Crippen molar-refractivity contribution in [1.29, 1.82) is 0 Å². The molecule has 0 fully saturated rings. The molecule has 2 amide bonds. The highest BCUT2D eigenvalue weighted by molar-refractivity contribution is 6.30. The highest BCUT2D eigenvalue weighted by Gasteiger charge is 2.24. The second-order valence-corrected chi connectivity index (χ2v) is 10.7. The molecule has 0 radical (unpaired) electrons. The smallest absolute Gasteiger partial charge is 0.305 e. The average molecular weight is 559 g/mol. The first-order chi connectivity index (χ1) is 19.3. The molecule has 0 spiro atoms. The van der Waals surface area contributed by atoms with E-state index in [-0.39, 0.29) is 30.8 Å². The van der Waals surface area contributed by atoms with Crippen molar-refractivity contribution in [2.24, 2.45) is 0 Å². The van der Waals surface area contributed by atoms with Crippen LogP contribution in [0.1, 0.15) is 83.6 Å². The lowest BCUT2D eigenvalue weighted by atomic mass is 9.88. The lowest BCUT2D eigenvalue weighted by molar-refractivity contribution is -0.136. The fourth-order valence-electron chi connectivity index (χ4n) is 4.95. The second-order valence-electron chi connectivity index (χ2n) is 10.2. The topological polar surface area (TPSA) is 95.5 Å². The van der Waals surface area contributed by atoms with Crippen molar-refractivity contribution in [2.45, 2.75) is 57.4 Å². The van der Waals surface area contributed by atoms with Crippen LogP contribution in [-0.2, 0) is 16.0 Å². The Bertz CT molecular complexity index is 1350. The van der Waals surface area contributed by atoms with E-state index in [9.17, 15) is 14.4 Å². The van der Waals surface area contributed by atoms with Crippen LogP contribution in [0.25, 0.3) is 5.57 Å². The number of carbonyl (C=O) groups is 3. The number of amides is 2. The summed E-state index contributed by atoms with van der Waals surface area (Å²) in [5, 5.41) is 15.2. The van der Waals surface area contributed by atoms with Gasteiger partial charge >= 0.3 is 5.97 Å². The Hall–Kier alpha value is -3.90. The number of allylic oxidation sites excluding steroid dienone is 2. The van der Waals surface area contributed by atoms with Gasteiger partial charge in [0.05, 0.1) is 18.4 Å². The number of nitrogens with one attached hydrogen (secondary N) is 2. The molecule has 0 bridgehead atoms. The first kappa shape index (κ1) is 29.1. The Kier molecular flexibility index (Phi) is 10.1. The van der Waals surface area contributed by atoms with Crippen molar-refractivity contribution in [3.63, 3.8) is 0 Å². The van der Waals surface area contributed by atoms with Gasteiger partial charge in [0.25, 0.3) is 5.91 Å². The molecule has 7 heteroatoms. The maximum atomic E-state index is 13.7. The Morgan fingerprint density at radius 1 is 0.900 bits per heavy atom. The number of hydrogen-bond donors (Lipinski definition) is 3. The maximum Gasteiger partial charge on any atom is 0.305 e. The molecule has 1 unspecified atom stereocenters. The Morgan fingerprint density at radius 2 is 1.57 bits per heavy atom. The third-order valence-corrected chi connectivity index (χ3v) is 7.55. The molecule has 0 aliphatic heterocycles. The Morgan fingerprint density at radius 3 is 2.20 bits per heavy atom. The number of aliphatic carboxylic acids is 1. The molecule has 0 saturated heterocycles. The van der Waals surface area contributed by atoms with Gasteiger partial charge in [-0.05, 0) is 91.1 Å². The van der Waals surface area contributed by atoms with Gasteiger partial charge in [-0.3, -0.25) is 14.4 Å². The second kappa shape index (κ2) is 13.9. The number of carbonyl (C=O) groups excluding carboxylic acids is 2. The molecule has 0 saturated carbocycles. The van der Waals surface area contributed by atoms with Crippen LogP contribution < -0.4 is 10.6 Å². The van der Waals surface area contributed by atoms with Crippen molar-refractivity contribution in [2.75, 3.05) is 6.54 Å². The third-order valence-electron chi connectivity index (χ3n) is 7.30. The molecule has 0 aromatic heterocycles. The van der Waals surface area contributed by atoms with E-state index in [1.165, 1.54) is 24.0 Å². The first-order valence-electron chi connectivity index (χ1n) is 13.7. The van der Waals surface area contributed by atoms with Gasteiger partial charge < -0.3 is 15.7 Å². The van der Waals surface area contributed by atoms with Gasteiger partial charge in [-0.1, -0.05) is 66.2 Å². The number of halogens is 1. The summed E-state index contributed by atoms with van der Waals surface area (Å²) in [7, 11) is 0. The first-order valence-corrected chi connectivity index (χ1v) is 14.1. The van der Waals surface area contributed by atoms with E-state index in [0.29, 0.717) is 17.0 Å². The predicted molar refractivity (Wildman–Crippen MR) is 158 cm³/mol. The van der Waals surface area contributed by atoms with Gasteiger partial charge in [0.2, 0.25) is 5.91 Å². The van der Waals surface area contributed by atoms with Crippen LogP contribution in [0.3, 0.4) is 0 Å². The predicted octanol–water partition coefficient (Wildman–Crippen LogP) is 6.71. The van der Waals surface area contributed by atoms with Crippen LogP contribution in [0.5, 0.6) is 0 Å². The van der Waals surface area contributed by atoms with E-state index in [4.69, 9.17) is 16.7 Å². The third kappa shape index (κ3) is 8.06. The molecule has 40 heavy (non-hydrogen) atoms. The van der Waals surface area contributed by atoms with E-state index >= 15 is 0 Å². The molecule has 2 atom stereocenters. The number of rotatable bonds is 11. The van der Waals surface area contributed by atoms with Crippen LogP contribution >= 0.6 is 11.6 Å². The van der Waals surface area contributed by atoms with Crippen molar-refractivity contribution < 1.29 is 19.5 Å². The van der Waals surface area contributed by atoms with E-state index in [1.807, 2.05) is 55.5 Å². The van der Waals surface area contributed by atoms with E-state index in [2.05, 4.69) is 28.8 Å². The molecular weight excluding hydrogens is 524 g/mol. The van der Waals surface area contributed by atoms with Crippen LogP contribution in [0.15, 0.2) is 78.9 Å². The van der Waals surface area contributed by atoms with E-state index < -0.39 is 11.9 Å². The van der Waals surface area contributed by atoms with Crippen LogP contribution in [0.4, 0.5) is 0 Å². The zero-order valence-corrected chi connectivity index (χ0v) is 23.4. The maximum absolute atomic E-state index is 13.7. The molecule has 1 aliphatic carbocycles. The van der Waals surface area contributed by atoms with Crippen molar-refractivity contribution in [3.05, 3.63) is 112 Å². The van der Waals surface area contributed by atoms with Gasteiger partial charge in [0, 0.05) is 17.1 Å². The lowest BCUT2D eigenvalue weighted by Crippen LogP contribution is -2.32. The number of carboxylic acids is 1. The normalized spacial score (nSPS) is 14.5. The molecule has 0 heterocycles. The lowest BCUT2D eigenvalue weighted by Gasteiger charge is -2.22. The molecule has 6 nitrogen and oxygen atoms in total. The fraction of sp³-hybridized carbons (Fsp3) is 0.303. The number of hydrogen-bond acceptors (Lipinski definition) is 3. The fourth-order valence-corrected chi connectivity index (χ4v) is 5.08. The van der Waals surface area contributed by atoms with Crippen LogP contribution in [-0.4, -0.2) is 29.4 Å². The zero-order chi connectivity index (χ0) is 28.5. The van der Waals surface area contributed by atoms with E-state index in [1.54, 1.807) is 12.1 Å². The largest absolute Gasteiger partial charge is 0.481 e. The van der Waals surface area contributed by atoms with E-state index in [0.717, 1.165) is 29.5 Å². The quantitative estimate of drug-likeness (QED) is 0.244. The molecule has 4 rings (SSSR count). The monoisotopic (exact) mass is 558 g/mol. The zero-order valence-electron chi connectivity index (χ0n) is 22.7. The molecule has 3 N–H and O–H groups in total. The standard InChI is InChI=1S/C33H35ClN2O4/c1-22(24-15-17-29(34)18-16-24)36-33(40)30(27-13-11-26(12-14-27)25-5-3-2-4-6-25)21-23-7-9-28(10-8-23)32(39)35-20-19-31(37)38/h5,7-18,22,30H,2-4,6,19-21H2,1H3,(H,35,39)(H,36,40)(H,37,38)/t22-,30?/m0/s1. The minimum atomic E-state index is -0.964. The van der Waals surface area contributed by atoms with Crippen LogP contribution in [0.2, 0.25) is 5.02 Å². The summed E-state index contributed by atoms with van der Waals surface area (Å²) in [6.45, 7) is 2.02. The van der Waals surface area contributed by atoms with Crippen molar-refractivity contribution >= 4 is 35.0 Å². The van der Waals surface area contributed by atoms with Crippen molar-refractivity contribution in [1.82, 2.24) is 10.6 Å². The van der Waals surface area contributed by atoms with Gasteiger partial charge in [0.1, 0.15) is 0 Å². The molecule has 1 aliphatic rings. The highest BCUT2D eigenvalue weighted by atomic mass is 35.5. The summed E-state index contributed by atoms with van der Waals surface area (Å²) in [6.07, 6.45) is 7.27. The number of benzene rings is 3. The molecular formula is C33H35ClN2O4. The minimum absolute atomic E-state index is 0.0663. The summed E-state index contributed by atoms with van der Waals surface area (Å²) < 4.78 is 0. The Labute approximate surface area is 240 Å². The minimum Gasteiger partial charge on any atom is -0.481 e. The molecule has 208 valence electrons. The van der Waals surface area contributed by atoms with Gasteiger partial charge in [-0.2, -0.15) is 0 Å². The summed E-state index contributed by atoms with van der Waals surface area (Å²) >= 11 is 6.04. The highest BCUT2D eigenvalue weighted by Crippen LogP contribution is 2.29. The Balaban J connectivity index is 1.52. The van der Waals surface area contributed by atoms with Crippen LogP contribution in [0, 0.1) is 0 Å². The van der Waals surface area contributed by atoms with Crippen molar-refractivity contribution in [3.8, 4) is 0 Å². The summed E-state index contributed by atoms with van der Waals surface area (Å²) in [4.78, 5) is 36.7.